The molecule has 0 radical (unpaired) electrons. The van der Waals surface area contributed by atoms with Gasteiger partial charge >= 0.3 is 0 Å². The van der Waals surface area contributed by atoms with Crippen molar-refractivity contribution in [3.63, 3.8) is 0 Å². The zero-order valence-corrected chi connectivity index (χ0v) is 20.1. The van der Waals surface area contributed by atoms with Crippen LogP contribution < -0.4 is 20.7 Å². The van der Waals surface area contributed by atoms with Crippen LogP contribution in [0.25, 0.3) is 0 Å². The SMILES string of the molecule is CN=C(NCC(=O)NC(C)(C)C)NCC1(c2ccccc2OC)CCCC1.I. The van der Waals surface area contributed by atoms with Crippen LogP contribution in [0.15, 0.2) is 29.3 Å². The number of halogens is 1. The van der Waals surface area contributed by atoms with Crippen LogP contribution in [0, 0.1) is 0 Å². The number of carbonyl (C=O) groups excluding carboxylic acids is 1. The Morgan fingerprint density at radius 2 is 1.82 bits per heavy atom. The van der Waals surface area contributed by atoms with Crippen LogP contribution >= 0.6 is 24.0 Å². The fourth-order valence-electron chi connectivity index (χ4n) is 3.78. The van der Waals surface area contributed by atoms with E-state index >= 15 is 0 Å². The van der Waals surface area contributed by atoms with E-state index in [-0.39, 0.29) is 47.4 Å². The Labute approximate surface area is 186 Å². The Balaban J connectivity index is 0.00000392. The minimum atomic E-state index is -0.243. The lowest BCUT2D eigenvalue weighted by Crippen LogP contribution is -2.50. The minimum Gasteiger partial charge on any atom is -0.496 e. The van der Waals surface area contributed by atoms with Crippen LogP contribution in [0.5, 0.6) is 5.75 Å². The van der Waals surface area contributed by atoms with E-state index in [9.17, 15) is 4.79 Å². The summed E-state index contributed by atoms with van der Waals surface area (Å²) in [5.74, 6) is 1.53. The Hall–Kier alpha value is -1.51. The van der Waals surface area contributed by atoms with E-state index in [0.717, 1.165) is 25.1 Å². The molecule has 2 rings (SSSR count). The van der Waals surface area contributed by atoms with Crippen molar-refractivity contribution in [2.24, 2.45) is 4.99 Å². The fraction of sp³-hybridized carbons (Fsp3) is 0.619. The molecule has 1 saturated carbocycles. The first-order valence-corrected chi connectivity index (χ1v) is 9.69. The topological polar surface area (TPSA) is 74.8 Å². The first kappa shape index (κ1) is 24.5. The van der Waals surface area contributed by atoms with Gasteiger partial charge in [0.2, 0.25) is 5.91 Å². The van der Waals surface area contributed by atoms with E-state index in [1.807, 2.05) is 32.9 Å². The van der Waals surface area contributed by atoms with E-state index in [1.165, 1.54) is 18.4 Å². The summed E-state index contributed by atoms with van der Waals surface area (Å²) in [6.45, 7) is 6.85. The van der Waals surface area contributed by atoms with Gasteiger partial charge in [-0.25, -0.2) is 0 Å². The van der Waals surface area contributed by atoms with Gasteiger partial charge in [0.05, 0.1) is 13.7 Å². The third-order valence-electron chi connectivity index (χ3n) is 4.99. The van der Waals surface area contributed by atoms with Gasteiger partial charge in [0.15, 0.2) is 5.96 Å². The average Bonchev–Trinajstić information content (AvgIpc) is 3.10. The summed E-state index contributed by atoms with van der Waals surface area (Å²) in [5.41, 5.74) is 1.03. The number of ether oxygens (including phenoxy) is 1. The van der Waals surface area contributed by atoms with Crippen molar-refractivity contribution in [3.05, 3.63) is 29.8 Å². The number of amides is 1. The molecule has 1 aliphatic carbocycles. The standard InChI is InChI=1S/C21H34N4O2.HI/c1-20(2,3)25-18(26)14-23-19(22-4)24-15-21(12-8-9-13-21)16-10-6-7-11-17(16)27-5;/h6-7,10-11H,8-9,12-15H2,1-5H3,(H,25,26)(H2,22,23,24);1H. The summed E-state index contributed by atoms with van der Waals surface area (Å²) in [7, 11) is 3.45. The van der Waals surface area contributed by atoms with Gasteiger partial charge in [-0.2, -0.15) is 0 Å². The number of methoxy groups -OCH3 is 1. The first-order valence-electron chi connectivity index (χ1n) is 9.69. The molecule has 0 aromatic heterocycles. The molecular weight excluding hydrogens is 467 g/mol. The second kappa shape index (κ2) is 10.9. The predicted octanol–water partition coefficient (Wildman–Crippen LogP) is 3.20. The molecule has 7 heteroatoms. The summed E-state index contributed by atoms with van der Waals surface area (Å²) in [6.07, 6.45) is 4.64. The van der Waals surface area contributed by atoms with Crippen molar-refractivity contribution in [1.82, 2.24) is 16.0 Å². The molecule has 1 fully saturated rings. The third-order valence-corrected chi connectivity index (χ3v) is 4.99. The molecule has 1 aliphatic rings. The van der Waals surface area contributed by atoms with E-state index in [2.05, 4.69) is 33.1 Å². The number of rotatable bonds is 6. The van der Waals surface area contributed by atoms with E-state index in [0.29, 0.717) is 5.96 Å². The molecule has 3 N–H and O–H groups in total. The normalized spacial score (nSPS) is 16.1. The number of nitrogens with zero attached hydrogens (tertiary/aromatic N) is 1. The molecule has 0 aliphatic heterocycles. The van der Waals surface area contributed by atoms with Crippen LogP contribution in [-0.2, 0) is 10.2 Å². The van der Waals surface area contributed by atoms with Gasteiger partial charge < -0.3 is 20.7 Å². The summed E-state index contributed by atoms with van der Waals surface area (Å²) in [4.78, 5) is 16.3. The molecule has 0 saturated heterocycles. The molecule has 0 spiro atoms. The number of aliphatic imine (C=N–C) groups is 1. The molecule has 0 heterocycles. The highest BCUT2D eigenvalue weighted by molar-refractivity contribution is 14.0. The highest BCUT2D eigenvalue weighted by atomic mass is 127. The lowest BCUT2D eigenvalue weighted by Gasteiger charge is -2.32. The maximum atomic E-state index is 12.0. The van der Waals surface area contributed by atoms with Crippen molar-refractivity contribution in [2.45, 2.75) is 57.4 Å². The molecule has 6 nitrogen and oxygen atoms in total. The van der Waals surface area contributed by atoms with Crippen LogP contribution in [0.2, 0.25) is 0 Å². The maximum Gasteiger partial charge on any atom is 0.239 e. The molecule has 0 bridgehead atoms. The smallest absolute Gasteiger partial charge is 0.239 e. The zero-order valence-electron chi connectivity index (χ0n) is 17.7. The molecule has 0 unspecified atom stereocenters. The van der Waals surface area contributed by atoms with Gasteiger partial charge in [0.25, 0.3) is 0 Å². The first-order chi connectivity index (χ1) is 12.8. The number of nitrogens with one attached hydrogen (secondary N) is 3. The molecule has 1 amide bonds. The lowest BCUT2D eigenvalue weighted by molar-refractivity contribution is -0.121. The molecule has 1 aromatic carbocycles. The second-order valence-electron chi connectivity index (χ2n) is 8.27. The quantitative estimate of drug-likeness (QED) is 0.318. The molecule has 0 atom stereocenters. The van der Waals surface area contributed by atoms with E-state index in [4.69, 9.17) is 4.74 Å². The third kappa shape index (κ3) is 6.83. The Morgan fingerprint density at radius 3 is 2.39 bits per heavy atom. The number of para-hydroxylation sites is 1. The van der Waals surface area contributed by atoms with Crippen LogP contribution in [0.3, 0.4) is 0 Å². The monoisotopic (exact) mass is 502 g/mol. The van der Waals surface area contributed by atoms with E-state index in [1.54, 1.807) is 14.2 Å². The fourth-order valence-corrected chi connectivity index (χ4v) is 3.78. The number of hydrogen-bond donors (Lipinski definition) is 3. The lowest BCUT2D eigenvalue weighted by atomic mass is 9.78. The van der Waals surface area contributed by atoms with Crippen molar-refractivity contribution >= 4 is 35.8 Å². The predicted molar refractivity (Wildman–Crippen MR) is 126 cm³/mol. The van der Waals surface area contributed by atoms with Crippen molar-refractivity contribution in [3.8, 4) is 5.75 Å². The van der Waals surface area contributed by atoms with Crippen LogP contribution in [0.4, 0.5) is 0 Å². The van der Waals surface area contributed by atoms with Gasteiger partial charge in [0, 0.05) is 30.1 Å². The van der Waals surface area contributed by atoms with Gasteiger partial charge in [-0.15, -0.1) is 24.0 Å². The number of hydrogen-bond acceptors (Lipinski definition) is 3. The maximum absolute atomic E-state index is 12.0. The molecular formula is C21H35IN4O2. The van der Waals surface area contributed by atoms with Gasteiger partial charge in [-0.3, -0.25) is 9.79 Å². The summed E-state index contributed by atoms with van der Waals surface area (Å²) in [6, 6.07) is 8.27. The highest BCUT2D eigenvalue weighted by Crippen LogP contribution is 2.44. The van der Waals surface area contributed by atoms with Gasteiger partial charge in [-0.1, -0.05) is 31.0 Å². The largest absolute Gasteiger partial charge is 0.496 e. The van der Waals surface area contributed by atoms with Gasteiger partial charge in [0.1, 0.15) is 5.75 Å². The van der Waals surface area contributed by atoms with Crippen LogP contribution in [-0.4, -0.2) is 44.7 Å². The Morgan fingerprint density at radius 1 is 1.18 bits per heavy atom. The number of carbonyl (C=O) groups is 1. The Bertz CT molecular complexity index is 665. The zero-order chi connectivity index (χ0) is 19.9. The summed E-state index contributed by atoms with van der Waals surface area (Å²) < 4.78 is 5.61. The molecule has 158 valence electrons. The number of guanidine groups is 1. The average molecular weight is 502 g/mol. The summed E-state index contributed by atoms with van der Waals surface area (Å²) in [5, 5.41) is 9.48. The second-order valence-corrected chi connectivity index (χ2v) is 8.27. The molecule has 28 heavy (non-hydrogen) atoms. The van der Waals surface area contributed by atoms with Gasteiger partial charge in [-0.05, 0) is 39.7 Å². The molecule has 1 aromatic rings. The summed E-state index contributed by atoms with van der Waals surface area (Å²) >= 11 is 0. The Kier molecular flexibility index (Phi) is 9.53. The van der Waals surface area contributed by atoms with Crippen molar-refractivity contribution in [1.29, 1.82) is 0 Å². The van der Waals surface area contributed by atoms with Crippen LogP contribution in [0.1, 0.15) is 52.0 Å². The highest BCUT2D eigenvalue weighted by Gasteiger charge is 2.37. The van der Waals surface area contributed by atoms with Crippen molar-refractivity contribution < 1.29 is 9.53 Å². The number of benzene rings is 1. The van der Waals surface area contributed by atoms with Crippen molar-refractivity contribution in [2.75, 3.05) is 27.2 Å². The minimum absolute atomic E-state index is 0. The van der Waals surface area contributed by atoms with E-state index < -0.39 is 0 Å².